The number of ether oxygens (including phenoxy) is 2. The van der Waals surface area contributed by atoms with E-state index in [1.165, 1.54) is 10.7 Å². The number of amides is 1. The molecule has 0 unspecified atom stereocenters. The second-order valence-electron chi connectivity index (χ2n) is 7.27. The lowest BCUT2D eigenvalue weighted by Crippen LogP contribution is -2.15. The highest BCUT2D eigenvalue weighted by atomic mass is 19.1. The Morgan fingerprint density at radius 1 is 1.06 bits per heavy atom. The van der Waals surface area contributed by atoms with E-state index in [-0.39, 0.29) is 17.3 Å². The molecular weight excluding hydrogens is 411 g/mol. The van der Waals surface area contributed by atoms with Crippen LogP contribution in [0, 0.1) is 5.82 Å². The average Bonchev–Trinajstić information content (AvgIpc) is 3.36. The van der Waals surface area contributed by atoms with Gasteiger partial charge >= 0.3 is 0 Å². The minimum absolute atomic E-state index is 0.231. The minimum Gasteiger partial charge on any atom is -0.493 e. The summed E-state index contributed by atoms with van der Waals surface area (Å²) in [6.07, 6.45) is 3.64. The fourth-order valence-electron chi connectivity index (χ4n) is 3.98. The van der Waals surface area contributed by atoms with E-state index in [9.17, 15) is 9.18 Å². The highest BCUT2D eigenvalue weighted by Crippen LogP contribution is 2.45. The van der Waals surface area contributed by atoms with Crippen molar-refractivity contribution in [1.82, 2.24) is 14.8 Å². The summed E-state index contributed by atoms with van der Waals surface area (Å²) in [7, 11) is 3.13. The Morgan fingerprint density at radius 3 is 2.50 bits per heavy atom. The van der Waals surface area contributed by atoms with E-state index in [0.29, 0.717) is 34.9 Å². The normalized spacial score (nSPS) is 11.6. The van der Waals surface area contributed by atoms with Gasteiger partial charge in [-0.25, -0.2) is 9.07 Å². The van der Waals surface area contributed by atoms with Gasteiger partial charge in [-0.3, -0.25) is 9.78 Å². The molecule has 0 atom stereocenters. The highest BCUT2D eigenvalue weighted by molar-refractivity contribution is 6.05. The fourth-order valence-corrected chi connectivity index (χ4v) is 3.98. The summed E-state index contributed by atoms with van der Waals surface area (Å²) < 4.78 is 27.1. The van der Waals surface area contributed by atoms with Gasteiger partial charge in [0.25, 0.3) is 5.91 Å². The van der Waals surface area contributed by atoms with Crippen molar-refractivity contribution >= 4 is 11.6 Å². The van der Waals surface area contributed by atoms with Crippen LogP contribution < -0.4 is 14.8 Å². The number of nitrogens with one attached hydrogen (secondary N) is 1. The third-order valence-corrected chi connectivity index (χ3v) is 5.45. The number of hydrogen-bond acceptors (Lipinski definition) is 5. The number of hydrogen-bond donors (Lipinski definition) is 1. The Morgan fingerprint density at radius 2 is 1.78 bits per heavy atom. The van der Waals surface area contributed by atoms with Gasteiger partial charge in [0, 0.05) is 35.6 Å². The molecule has 2 aromatic carbocycles. The monoisotopic (exact) mass is 430 g/mol. The Balaban J connectivity index is 1.69. The molecule has 2 heterocycles. The zero-order valence-electron chi connectivity index (χ0n) is 17.4. The third-order valence-electron chi connectivity index (χ3n) is 5.45. The fraction of sp³-hybridized carbons (Fsp3) is 0.125. The smallest absolute Gasteiger partial charge is 0.276 e. The third kappa shape index (κ3) is 3.17. The number of carbonyl (C=O) groups is 1. The molecule has 0 fully saturated rings. The van der Waals surface area contributed by atoms with E-state index < -0.39 is 5.82 Å². The van der Waals surface area contributed by atoms with Gasteiger partial charge in [0.05, 0.1) is 19.9 Å². The van der Waals surface area contributed by atoms with Crippen LogP contribution in [0.5, 0.6) is 11.5 Å². The molecule has 160 valence electrons. The molecule has 2 aromatic heterocycles. The average molecular weight is 430 g/mol. The van der Waals surface area contributed by atoms with Crippen molar-refractivity contribution in [3.8, 4) is 28.4 Å². The van der Waals surface area contributed by atoms with Gasteiger partial charge in [-0.2, -0.15) is 5.10 Å². The molecule has 4 aromatic rings. The Labute approximate surface area is 183 Å². The van der Waals surface area contributed by atoms with Crippen molar-refractivity contribution in [2.75, 3.05) is 19.5 Å². The lowest BCUT2D eigenvalue weighted by molar-refractivity contribution is 0.102. The molecule has 1 N–H and O–H groups in total. The predicted molar refractivity (Wildman–Crippen MR) is 117 cm³/mol. The van der Waals surface area contributed by atoms with Gasteiger partial charge in [-0.15, -0.1) is 0 Å². The molecule has 8 heteroatoms. The molecule has 1 aliphatic rings. The van der Waals surface area contributed by atoms with Crippen LogP contribution in [0.15, 0.2) is 60.9 Å². The van der Waals surface area contributed by atoms with Crippen LogP contribution in [0.4, 0.5) is 10.1 Å². The molecule has 0 saturated heterocycles. The summed E-state index contributed by atoms with van der Waals surface area (Å²) in [5.74, 6) is 0.315. The Hall–Kier alpha value is -4.20. The van der Waals surface area contributed by atoms with Gasteiger partial charge in [-0.1, -0.05) is 12.1 Å². The predicted octanol–water partition coefficient (Wildman–Crippen LogP) is 4.25. The van der Waals surface area contributed by atoms with Crippen molar-refractivity contribution in [3.05, 3.63) is 83.6 Å². The van der Waals surface area contributed by atoms with Crippen LogP contribution in [0.1, 0.15) is 21.6 Å². The maximum atomic E-state index is 14.7. The second kappa shape index (κ2) is 7.81. The van der Waals surface area contributed by atoms with Crippen molar-refractivity contribution in [1.29, 1.82) is 0 Å². The number of pyridine rings is 1. The first kappa shape index (κ1) is 19.7. The van der Waals surface area contributed by atoms with Crippen LogP contribution in [0.2, 0.25) is 0 Å². The number of halogens is 1. The van der Waals surface area contributed by atoms with E-state index in [2.05, 4.69) is 15.4 Å². The van der Waals surface area contributed by atoms with E-state index in [1.54, 1.807) is 56.9 Å². The molecule has 1 amide bonds. The molecule has 5 rings (SSSR count). The second-order valence-corrected chi connectivity index (χ2v) is 7.27. The van der Waals surface area contributed by atoms with Gasteiger partial charge in [0.1, 0.15) is 11.5 Å². The zero-order chi connectivity index (χ0) is 22.2. The number of benzene rings is 2. The van der Waals surface area contributed by atoms with E-state index in [1.807, 2.05) is 12.1 Å². The molecule has 0 radical (unpaired) electrons. The molecular formula is C24H19FN4O3. The first-order valence-corrected chi connectivity index (χ1v) is 9.94. The summed E-state index contributed by atoms with van der Waals surface area (Å²) in [5.41, 5.74) is 4.21. The van der Waals surface area contributed by atoms with E-state index in [4.69, 9.17) is 9.47 Å². The topological polar surface area (TPSA) is 78.3 Å². The number of nitrogens with zero attached hydrogens (tertiary/aromatic N) is 3. The number of anilines is 1. The van der Waals surface area contributed by atoms with Gasteiger partial charge in [0.2, 0.25) is 0 Å². The summed E-state index contributed by atoms with van der Waals surface area (Å²) in [5, 5.41) is 7.37. The van der Waals surface area contributed by atoms with Crippen LogP contribution in [0.25, 0.3) is 16.9 Å². The quantitative estimate of drug-likeness (QED) is 0.451. The molecule has 0 saturated carbocycles. The molecule has 1 aliphatic carbocycles. The molecule has 0 bridgehead atoms. The van der Waals surface area contributed by atoms with Crippen LogP contribution in [0.3, 0.4) is 0 Å². The number of para-hydroxylation sites is 1. The number of rotatable bonds is 5. The highest BCUT2D eigenvalue weighted by Gasteiger charge is 2.33. The van der Waals surface area contributed by atoms with Gasteiger partial charge in [-0.05, 0) is 42.0 Å². The zero-order valence-corrected chi connectivity index (χ0v) is 17.4. The summed E-state index contributed by atoms with van der Waals surface area (Å²) in [6, 6.07) is 13.4. The minimum atomic E-state index is -0.437. The summed E-state index contributed by atoms with van der Waals surface area (Å²) >= 11 is 0. The van der Waals surface area contributed by atoms with Crippen molar-refractivity contribution in [3.63, 3.8) is 0 Å². The Kier molecular flexibility index (Phi) is 4.82. The first-order chi connectivity index (χ1) is 15.6. The first-order valence-electron chi connectivity index (χ1n) is 9.94. The van der Waals surface area contributed by atoms with Crippen LogP contribution in [-0.2, 0) is 6.42 Å². The van der Waals surface area contributed by atoms with E-state index in [0.717, 1.165) is 11.1 Å². The lowest BCUT2D eigenvalue weighted by Gasteiger charge is -2.12. The number of fused-ring (bicyclic) bond motifs is 3. The SMILES string of the molecule is COc1cc2c(cc1OC)-c1c(c(C(=O)Nc3ccncc3)nn1-c1ccccc1F)C2. The molecule has 32 heavy (non-hydrogen) atoms. The van der Waals surface area contributed by atoms with Crippen molar-refractivity contribution in [2.45, 2.75) is 6.42 Å². The number of aromatic nitrogens is 3. The van der Waals surface area contributed by atoms with E-state index >= 15 is 0 Å². The summed E-state index contributed by atoms with van der Waals surface area (Å²) in [4.78, 5) is 17.1. The van der Waals surface area contributed by atoms with Gasteiger partial charge in [0.15, 0.2) is 17.2 Å². The number of methoxy groups -OCH3 is 2. The van der Waals surface area contributed by atoms with Crippen molar-refractivity contribution in [2.24, 2.45) is 0 Å². The largest absolute Gasteiger partial charge is 0.493 e. The van der Waals surface area contributed by atoms with Gasteiger partial charge < -0.3 is 14.8 Å². The van der Waals surface area contributed by atoms with Crippen molar-refractivity contribution < 1.29 is 18.7 Å². The standard InChI is InChI=1S/C24H19FN4O3/c1-31-20-12-14-11-17-22(24(30)27-15-7-9-26-10-8-15)28-29(19-6-4-3-5-18(19)25)23(17)16(14)13-21(20)32-2/h3-10,12-13H,11H2,1-2H3,(H,26,27,30). The van der Waals surface area contributed by atoms with Crippen LogP contribution in [-0.4, -0.2) is 34.9 Å². The number of carbonyl (C=O) groups excluding carboxylic acids is 1. The maximum Gasteiger partial charge on any atom is 0.276 e. The summed E-state index contributed by atoms with van der Waals surface area (Å²) in [6.45, 7) is 0. The molecule has 7 nitrogen and oxygen atoms in total. The maximum absolute atomic E-state index is 14.7. The van der Waals surface area contributed by atoms with Crippen LogP contribution >= 0.6 is 0 Å². The molecule has 0 aliphatic heterocycles. The Bertz CT molecular complexity index is 1330. The molecule has 0 spiro atoms. The lowest BCUT2D eigenvalue weighted by atomic mass is 10.1.